The summed E-state index contributed by atoms with van der Waals surface area (Å²) in [4.78, 5) is 0. The zero-order valence-electron chi connectivity index (χ0n) is 8.21. The van der Waals surface area contributed by atoms with Crippen LogP contribution in [0.4, 0.5) is 0 Å². The van der Waals surface area contributed by atoms with Crippen molar-refractivity contribution in [1.82, 2.24) is 0 Å². The lowest BCUT2D eigenvalue weighted by molar-refractivity contribution is -0.112. The second-order valence-corrected chi connectivity index (χ2v) is 3.44. The summed E-state index contributed by atoms with van der Waals surface area (Å²) in [5.41, 5.74) is 0. The fourth-order valence-electron chi connectivity index (χ4n) is 1.80. The van der Waals surface area contributed by atoms with Crippen LogP contribution >= 0.6 is 0 Å². The molecule has 0 aromatic heterocycles. The van der Waals surface area contributed by atoms with E-state index in [1.807, 2.05) is 0 Å². The second-order valence-electron chi connectivity index (χ2n) is 3.44. The monoisotopic (exact) mass is 172 g/mol. The standard InChI is InChI=1S/C10H20O2/c1-3-5-9(4-2)10-8-11-6-7-12-10/h9-10H,3-8H2,1-2H3. The topological polar surface area (TPSA) is 18.5 Å². The third-order valence-corrected chi connectivity index (χ3v) is 2.55. The number of hydrogen-bond acceptors (Lipinski definition) is 2. The van der Waals surface area contributed by atoms with E-state index in [9.17, 15) is 0 Å². The molecule has 1 heterocycles. The highest BCUT2D eigenvalue weighted by Crippen LogP contribution is 2.20. The van der Waals surface area contributed by atoms with E-state index < -0.39 is 0 Å². The lowest BCUT2D eigenvalue weighted by atomic mass is 9.94. The smallest absolute Gasteiger partial charge is 0.0837 e. The fourth-order valence-corrected chi connectivity index (χ4v) is 1.80. The molecule has 72 valence electrons. The highest BCUT2D eigenvalue weighted by Gasteiger charge is 2.22. The Hall–Kier alpha value is -0.0800. The van der Waals surface area contributed by atoms with Gasteiger partial charge in [-0.3, -0.25) is 0 Å². The minimum absolute atomic E-state index is 0.365. The molecule has 2 atom stereocenters. The van der Waals surface area contributed by atoms with E-state index in [1.54, 1.807) is 0 Å². The van der Waals surface area contributed by atoms with Crippen molar-refractivity contribution >= 4 is 0 Å². The summed E-state index contributed by atoms with van der Waals surface area (Å²) in [6.07, 6.45) is 4.09. The molecule has 1 aliphatic heterocycles. The van der Waals surface area contributed by atoms with E-state index in [4.69, 9.17) is 9.47 Å². The molecule has 2 nitrogen and oxygen atoms in total. The highest BCUT2D eigenvalue weighted by atomic mass is 16.6. The van der Waals surface area contributed by atoms with Gasteiger partial charge >= 0.3 is 0 Å². The van der Waals surface area contributed by atoms with Crippen LogP contribution in [0.15, 0.2) is 0 Å². The van der Waals surface area contributed by atoms with Crippen LogP contribution in [0.25, 0.3) is 0 Å². The van der Waals surface area contributed by atoms with Crippen molar-refractivity contribution in [3.63, 3.8) is 0 Å². The first-order valence-corrected chi connectivity index (χ1v) is 5.07. The van der Waals surface area contributed by atoms with Gasteiger partial charge in [0, 0.05) is 0 Å². The van der Waals surface area contributed by atoms with Crippen LogP contribution in [-0.2, 0) is 9.47 Å². The molecule has 1 saturated heterocycles. The minimum atomic E-state index is 0.365. The largest absolute Gasteiger partial charge is 0.376 e. The number of ether oxygens (including phenoxy) is 2. The summed E-state index contributed by atoms with van der Waals surface area (Å²) >= 11 is 0. The molecule has 0 bridgehead atoms. The summed E-state index contributed by atoms with van der Waals surface area (Å²) in [5.74, 6) is 0.704. The van der Waals surface area contributed by atoms with Gasteiger partial charge in [-0.05, 0) is 12.3 Å². The van der Waals surface area contributed by atoms with Gasteiger partial charge in [0.05, 0.1) is 25.9 Å². The molecular weight excluding hydrogens is 152 g/mol. The summed E-state index contributed by atoms with van der Waals surface area (Å²) in [6, 6.07) is 0. The Morgan fingerprint density at radius 3 is 2.67 bits per heavy atom. The molecule has 1 rings (SSSR count). The van der Waals surface area contributed by atoms with Crippen LogP contribution in [0, 0.1) is 5.92 Å². The number of hydrogen-bond donors (Lipinski definition) is 0. The van der Waals surface area contributed by atoms with Crippen molar-refractivity contribution in [2.45, 2.75) is 39.2 Å². The summed E-state index contributed by atoms with van der Waals surface area (Å²) in [7, 11) is 0. The zero-order chi connectivity index (χ0) is 8.81. The SMILES string of the molecule is CCCC(CC)C1COCCO1. The predicted octanol–water partition coefficient (Wildman–Crippen LogP) is 2.23. The average Bonchev–Trinajstić information content (AvgIpc) is 2.15. The molecule has 2 unspecified atom stereocenters. The van der Waals surface area contributed by atoms with Gasteiger partial charge in [-0.15, -0.1) is 0 Å². The molecule has 0 aliphatic carbocycles. The van der Waals surface area contributed by atoms with E-state index in [0.717, 1.165) is 19.8 Å². The first-order chi connectivity index (χ1) is 5.88. The van der Waals surface area contributed by atoms with E-state index in [1.165, 1.54) is 19.3 Å². The molecule has 0 spiro atoms. The van der Waals surface area contributed by atoms with Crippen molar-refractivity contribution in [2.75, 3.05) is 19.8 Å². The molecule has 0 saturated carbocycles. The van der Waals surface area contributed by atoms with Gasteiger partial charge in [0.15, 0.2) is 0 Å². The Morgan fingerprint density at radius 1 is 1.33 bits per heavy atom. The van der Waals surface area contributed by atoms with Crippen molar-refractivity contribution in [1.29, 1.82) is 0 Å². The van der Waals surface area contributed by atoms with Crippen molar-refractivity contribution in [2.24, 2.45) is 5.92 Å². The molecule has 0 N–H and O–H groups in total. The summed E-state index contributed by atoms with van der Waals surface area (Å²) < 4.78 is 11.0. The van der Waals surface area contributed by atoms with Gasteiger partial charge < -0.3 is 9.47 Å². The normalized spacial score (nSPS) is 27.0. The van der Waals surface area contributed by atoms with E-state index >= 15 is 0 Å². The van der Waals surface area contributed by atoms with Gasteiger partial charge in [-0.2, -0.15) is 0 Å². The van der Waals surface area contributed by atoms with Crippen LogP contribution < -0.4 is 0 Å². The van der Waals surface area contributed by atoms with E-state index in [-0.39, 0.29) is 0 Å². The van der Waals surface area contributed by atoms with E-state index in [0.29, 0.717) is 12.0 Å². The van der Waals surface area contributed by atoms with Crippen LogP contribution in [0.2, 0.25) is 0 Å². The van der Waals surface area contributed by atoms with E-state index in [2.05, 4.69) is 13.8 Å². The maximum atomic E-state index is 5.66. The molecule has 0 aromatic carbocycles. The molecule has 0 aromatic rings. The lowest BCUT2D eigenvalue weighted by Crippen LogP contribution is -2.34. The summed E-state index contributed by atoms with van der Waals surface area (Å²) in [6.45, 7) is 6.83. The van der Waals surface area contributed by atoms with Crippen LogP contribution in [0.1, 0.15) is 33.1 Å². The first kappa shape index (κ1) is 10.0. The second kappa shape index (κ2) is 5.55. The molecule has 0 amide bonds. The molecule has 1 aliphatic rings. The molecule has 2 heteroatoms. The van der Waals surface area contributed by atoms with Crippen LogP contribution in [0.5, 0.6) is 0 Å². The highest BCUT2D eigenvalue weighted by molar-refractivity contribution is 4.70. The Labute approximate surface area is 75.2 Å². The third-order valence-electron chi connectivity index (χ3n) is 2.55. The fraction of sp³-hybridized carbons (Fsp3) is 1.00. The van der Waals surface area contributed by atoms with Crippen LogP contribution in [0.3, 0.4) is 0 Å². The molecule has 12 heavy (non-hydrogen) atoms. The first-order valence-electron chi connectivity index (χ1n) is 5.07. The molecular formula is C10H20O2. The average molecular weight is 172 g/mol. The summed E-state index contributed by atoms with van der Waals surface area (Å²) in [5, 5.41) is 0. The predicted molar refractivity (Wildman–Crippen MR) is 49.2 cm³/mol. The third kappa shape index (κ3) is 2.76. The molecule has 0 radical (unpaired) electrons. The van der Waals surface area contributed by atoms with Gasteiger partial charge in [0.1, 0.15) is 0 Å². The maximum absolute atomic E-state index is 5.66. The van der Waals surface area contributed by atoms with Gasteiger partial charge in [0.25, 0.3) is 0 Å². The Balaban J connectivity index is 2.29. The zero-order valence-corrected chi connectivity index (χ0v) is 8.21. The Kier molecular flexibility index (Phi) is 4.62. The van der Waals surface area contributed by atoms with Crippen molar-refractivity contribution in [3.8, 4) is 0 Å². The minimum Gasteiger partial charge on any atom is -0.376 e. The van der Waals surface area contributed by atoms with Crippen molar-refractivity contribution in [3.05, 3.63) is 0 Å². The maximum Gasteiger partial charge on any atom is 0.0837 e. The van der Waals surface area contributed by atoms with Gasteiger partial charge in [0.2, 0.25) is 0 Å². The lowest BCUT2D eigenvalue weighted by Gasteiger charge is -2.29. The van der Waals surface area contributed by atoms with Gasteiger partial charge in [-0.25, -0.2) is 0 Å². The Bertz CT molecular complexity index is 106. The number of rotatable bonds is 4. The quantitative estimate of drug-likeness (QED) is 0.647. The van der Waals surface area contributed by atoms with Crippen LogP contribution in [-0.4, -0.2) is 25.9 Å². The van der Waals surface area contributed by atoms with Gasteiger partial charge in [-0.1, -0.05) is 26.7 Å². The van der Waals surface area contributed by atoms with Crippen molar-refractivity contribution < 1.29 is 9.47 Å². The Morgan fingerprint density at radius 2 is 2.17 bits per heavy atom. The molecule has 1 fully saturated rings.